The molecule has 1 aromatic heterocycles. The average molecular weight is 290 g/mol. The van der Waals surface area contributed by atoms with Crippen molar-refractivity contribution >= 4 is 5.91 Å². The number of nitrogens with one attached hydrogen (secondary N) is 2. The molecular weight excluding hydrogens is 272 g/mol. The van der Waals surface area contributed by atoms with Crippen molar-refractivity contribution in [2.24, 2.45) is 13.0 Å². The van der Waals surface area contributed by atoms with Crippen molar-refractivity contribution in [3.8, 4) is 0 Å². The van der Waals surface area contributed by atoms with Crippen LogP contribution in [0.5, 0.6) is 0 Å². The van der Waals surface area contributed by atoms with Gasteiger partial charge in [0.1, 0.15) is 0 Å². The summed E-state index contributed by atoms with van der Waals surface area (Å²) in [7, 11) is 1.46. The summed E-state index contributed by atoms with van der Waals surface area (Å²) in [5.41, 5.74) is 0.653. The first-order chi connectivity index (χ1) is 10.1. The molecule has 0 saturated carbocycles. The number of carbonyl (C=O) groups is 1. The van der Waals surface area contributed by atoms with E-state index in [4.69, 9.17) is 0 Å². The Kier molecular flexibility index (Phi) is 4.89. The minimum absolute atomic E-state index is 0.0288. The van der Waals surface area contributed by atoms with Crippen molar-refractivity contribution in [2.45, 2.75) is 6.42 Å². The smallest absolute Gasteiger partial charge is 0.343 e. The zero-order chi connectivity index (χ0) is 15.2. The quantitative estimate of drug-likeness (QED) is 0.679. The van der Waals surface area contributed by atoms with Crippen LogP contribution in [-0.2, 0) is 13.5 Å². The fourth-order valence-electron chi connectivity index (χ4n) is 1.97. The van der Waals surface area contributed by atoms with E-state index in [1.165, 1.54) is 7.05 Å². The Balaban J connectivity index is 1.91. The van der Waals surface area contributed by atoms with E-state index in [0.717, 1.165) is 10.2 Å². The predicted octanol–water partition coefficient (Wildman–Crippen LogP) is -0.311. The van der Waals surface area contributed by atoms with E-state index in [-0.39, 0.29) is 18.3 Å². The maximum atomic E-state index is 11.8. The van der Waals surface area contributed by atoms with Crippen LogP contribution >= 0.6 is 0 Å². The number of aliphatic hydroxyl groups excluding tert-OH is 1. The number of hydrogen-bond donors (Lipinski definition) is 3. The molecule has 2 rings (SSSR count). The molecule has 1 aromatic carbocycles. The van der Waals surface area contributed by atoms with Crippen LogP contribution < -0.4 is 11.0 Å². The van der Waals surface area contributed by atoms with E-state index >= 15 is 0 Å². The van der Waals surface area contributed by atoms with Crippen LogP contribution in [0.2, 0.25) is 0 Å². The third-order valence-electron chi connectivity index (χ3n) is 3.16. The van der Waals surface area contributed by atoms with Crippen LogP contribution in [0, 0.1) is 5.92 Å². The second-order valence-electron chi connectivity index (χ2n) is 4.85. The topological polar surface area (TPSA) is 100 Å². The molecule has 112 valence electrons. The summed E-state index contributed by atoms with van der Waals surface area (Å²) in [6.45, 7) is 0.275. The Labute approximate surface area is 121 Å². The summed E-state index contributed by atoms with van der Waals surface area (Å²) in [4.78, 5) is 25.4. The molecule has 0 bridgehead atoms. The molecule has 7 heteroatoms. The zero-order valence-electron chi connectivity index (χ0n) is 11.7. The Morgan fingerprint density at radius 3 is 2.71 bits per heavy atom. The van der Waals surface area contributed by atoms with Gasteiger partial charge < -0.3 is 10.4 Å². The van der Waals surface area contributed by atoms with Gasteiger partial charge in [0.15, 0.2) is 0 Å². The standard InChI is InChI=1S/C14H18N4O3/c1-18-14(21)16-12(17-18)13(20)15-8-11(9-19)7-10-5-3-2-4-6-10/h2-6,11,19H,7-9H2,1H3,(H,15,20)(H,16,17,21). The van der Waals surface area contributed by atoms with E-state index < -0.39 is 11.6 Å². The summed E-state index contributed by atoms with van der Waals surface area (Å²) >= 11 is 0. The third kappa shape index (κ3) is 4.03. The van der Waals surface area contributed by atoms with Gasteiger partial charge in [-0.15, -0.1) is 5.10 Å². The highest BCUT2D eigenvalue weighted by Gasteiger charge is 2.14. The van der Waals surface area contributed by atoms with E-state index in [0.29, 0.717) is 13.0 Å². The number of aryl methyl sites for hydroxylation is 1. The Morgan fingerprint density at radius 2 is 2.14 bits per heavy atom. The molecule has 0 spiro atoms. The first-order valence-corrected chi connectivity index (χ1v) is 6.66. The third-order valence-corrected chi connectivity index (χ3v) is 3.16. The van der Waals surface area contributed by atoms with Crippen molar-refractivity contribution in [3.05, 3.63) is 52.2 Å². The highest BCUT2D eigenvalue weighted by Crippen LogP contribution is 2.07. The van der Waals surface area contributed by atoms with Crippen molar-refractivity contribution in [3.63, 3.8) is 0 Å². The number of aliphatic hydroxyl groups is 1. The van der Waals surface area contributed by atoms with E-state index in [9.17, 15) is 14.7 Å². The summed E-state index contributed by atoms with van der Waals surface area (Å²) < 4.78 is 1.06. The number of aromatic nitrogens is 3. The van der Waals surface area contributed by atoms with Gasteiger partial charge in [-0.3, -0.25) is 9.78 Å². The first kappa shape index (κ1) is 15.0. The second kappa shape index (κ2) is 6.85. The summed E-state index contributed by atoms with van der Waals surface area (Å²) in [6.07, 6.45) is 0.663. The highest BCUT2D eigenvalue weighted by atomic mass is 16.3. The Morgan fingerprint density at radius 1 is 1.43 bits per heavy atom. The lowest BCUT2D eigenvalue weighted by Gasteiger charge is -2.14. The minimum atomic E-state index is -0.459. The lowest BCUT2D eigenvalue weighted by Crippen LogP contribution is -2.32. The van der Waals surface area contributed by atoms with Crippen LogP contribution in [0.25, 0.3) is 0 Å². The number of rotatable bonds is 6. The molecule has 21 heavy (non-hydrogen) atoms. The molecule has 1 heterocycles. The number of hydrogen-bond acceptors (Lipinski definition) is 4. The summed E-state index contributed by atoms with van der Waals surface area (Å²) in [5, 5.41) is 15.8. The molecule has 0 aliphatic carbocycles. The maximum absolute atomic E-state index is 11.8. The number of aromatic amines is 1. The van der Waals surface area contributed by atoms with Crippen molar-refractivity contribution in [1.29, 1.82) is 0 Å². The molecule has 1 amide bonds. The molecule has 1 atom stereocenters. The van der Waals surface area contributed by atoms with Gasteiger partial charge in [0, 0.05) is 26.1 Å². The predicted molar refractivity (Wildman–Crippen MR) is 76.9 cm³/mol. The summed E-state index contributed by atoms with van der Waals surface area (Å²) in [6, 6.07) is 9.74. The van der Waals surface area contributed by atoms with E-state index in [1.807, 2.05) is 30.3 Å². The van der Waals surface area contributed by atoms with Gasteiger partial charge in [-0.2, -0.15) is 0 Å². The molecule has 0 saturated heterocycles. The number of H-pyrrole nitrogens is 1. The van der Waals surface area contributed by atoms with Crippen LogP contribution in [0.3, 0.4) is 0 Å². The molecule has 7 nitrogen and oxygen atoms in total. The summed E-state index contributed by atoms with van der Waals surface area (Å²) in [5.74, 6) is -0.579. The van der Waals surface area contributed by atoms with Crippen LogP contribution in [0.4, 0.5) is 0 Å². The van der Waals surface area contributed by atoms with Gasteiger partial charge in [-0.1, -0.05) is 30.3 Å². The number of benzene rings is 1. The monoisotopic (exact) mass is 290 g/mol. The lowest BCUT2D eigenvalue weighted by atomic mass is 10.00. The highest BCUT2D eigenvalue weighted by molar-refractivity contribution is 5.90. The van der Waals surface area contributed by atoms with Gasteiger partial charge in [-0.25, -0.2) is 9.48 Å². The molecule has 0 aliphatic heterocycles. The van der Waals surface area contributed by atoms with Crippen molar-refractivity contribution in [2.75, 3.05) is 13.2 Å². The van der Waals surface area contributed by atoms with Crippen molar-refractivity contribution in [1.82, 2.24) is 20.1 Å². The molecule has 2 aromatic rings. The van der Waals surface area contributed by atoms with E-state index in [2.05, 4.69) is 15.4 Å². The fraction of sp³-hybridized carbons (Fsp3) is 0.357. The molecule has 0 aliphatic rings. The number of amides is 1. The SMILES string of the molecule is Cn1nc(C(=O)NCC(CO)Cc2ccccc2)[nH]c1=O. The van der Waals surface area contributed by atoms with Gasteiger partial charge in [0.2, 0.25) is 5.82 Å². The maximum Gasteiger partial charge on any atom is 0.343 e. The van der Waals surface area contributed by atoms with Gasteiger partial charge >= 0.3 is 5.69 Å². The molecule has 3 N–H and O–H groups in total. The van der Waals surface area contributed by atoms with Crippen LogP contribution in [0.1, 0.15) is 16.2 Å². The molecule has 1 unspecified atom stereocenters. The van der Waals surface area contributed by atoms with Gasteiger partial charge in [-0.05, 0) is 12.0 Å². The molecule has 0 fully saturated rings. The first-order valence-electron chi connectivity index (χ1n) is 6.66. The van der Waals surface area contributed by atoms with Crippen LogP contribution in [0.15, 0.2) is 35.1 Å². The normalized spacial score (nSPS) is 12.1. The van der Waals surface area contributed by atoms with Gasteiger partial charge in [0.05, 0.1) is 0 Å². The largest absolute Gasteiger partial charge is 0.396 e. The zero-order valence-corrected chi connectivity index (χ0v) is 11.7. The second-order valence-corrected chi connectivity index (χ2v) is 4.85. The van der Waals surface area contributed by atoms with E-state index in [1.54, 1.807) is 0 Å². The Hall–Kier alpha value is -2.41. The number of nitrogens with zero attached hydrogens (tertiary/aromatic N) is 2. The van der Waals surface area contributed by atoms with Gasteiger partial charge in [0.25, 0.3) is 5.91 Å². The fourth-order valence-corrected chi connectivity index (χ4v) is 1.97. The minimum Gasteiger partial charge on any atom is -0.396 e. The average Bonchev–Trinajstić information content (AvgIpc) is 2.84. The van der Waals surface area contributed by atoms with Crippen LogP contribution in [-0.4, -0.2) is 38.9 Å². The molecular formula is C14H18N4O3. The lowest BCUT2D eigenvalue weighted by molar-refractivity contribution is 0.0929. The number of carbonyl (C=O) groups excluding carboxylic acids is 1. The van der Waals surface area contributed by atoms with Crippen molar-refractivity contribution < 1.29 is 9.90 Å². The molecule has 0 radical (unpaired) electrons. The Bertz CT molecular complexity index is 648.